The summed E-state index contributed by atoms with van der Waals surface area (Å²) in [6, 6.07) is 8.51. The molecule has 182 valence electrons. The number of ether oxygens (including phenoxy) is 1. The molecule has 0 radical (unpaired) electrons. The molecule has 0 N–H and O–H groups in total. The first-order valence-electron chi connectivity index (χ1n) is 12.8. The van der Waals surface area contributed by atoms with E-state index in [1.54, 1.807) is 4.90 Å². The van der Waals surface area contributed by atoms with Crippen LogP contribution in [0.25, 0.3) is 11.4 Å². The van der Waals surface area contributed by atoms with Gasteiger partial charge in [0.2, 0.25) is 11.7 Å². The average molecular weight is 456 g/mol. The third-order valence-corrected chi connectivity index (χ3v) is 6.15. The minimum absolute atomic E-state index is 0.0455. The Kier molecular flexibility index (Phi) is 9.33. The summed E-state index contributed by atoms with van der Waals surface area (Å²) < 4.78 is 11.1. The Bertz CT molecular complexity index is 854. The first-order valence-corrected chi connectivity index (χ1v) is 12.8. The van der Waals surface area contributed by atoms with Crippen molar-refractivity contribution in [3.8, 4) is 11.4 Å². The molecule has 2 heterocycles. The standard InChI is InChI=1S/C27H41N3O3/c1-5-6-7-8-9-10-11-13-21-15-17-22(18-16-21)24-28-25(33-29-24)23-14-12-19-30(20-23)26(31)32-27(2,3)4/h15-18,23H,5-14,19-20H2,1-4H3/t23-/m1/s1. The number of nitrogens with zero attached hydrogens (tertiary/aromatic N) is 3. The number of benzene rings is 1. The van der Waals surface area contributed by atoms with Crippen LogP contribution in [0.5, 0.6) is 0 Å². The second kappa shape index (κ2) is 12.2. The van der Waals surface area contributed by atoms with Gasteiger partial charge in [0, 0.05) is 18.7 Å². The molecule has 2 aromatic rings. The maximum absolute atomic E-state index is 12.4. The molecular formula is C27H41N3O3. The van der Waals surface area contributed by atoms with Gasteiger partial charge in [0.15, 0.2) is 0 Å². The van der Waals surface area contributed by atoms with Gasteiger partial charge in [-0.05, 0) is 52.0 Å². The number of aryl methyl sites for hydroxylation is 1. The fourth-order valence-corrected chi connectivity index (χ4v) is 4.30. The first-order chi connectivity index (χ1) is 15.9. The monoisotopic (exact) mass is 455 g/mol. The molecule has 0 spiro atoms. The summed E-state index contributed by atoms with van der Waals surface area (Å²) in [6.07, 6.45) is 12.0. The molecule has 1 saturated heterocycles. The molecule has 1 amide bonds. The summed E-state index contributed by atoms with van der Waals surface area (Å²) in [4.78, 5) is 18.8. The fraction of sp³-hybridized carbons (Fsp3) is 0.667. The number of amides is 1. The molecule has 0 aliphatic carbocycles. The minimum atomic E-state index is -0.498. The van der Waals surface area contributed by atoms with Gasteiger partial charge < -0.3 is 14.2 Å². The third kappa shape index (κ3) is 8.17. The number of hydrogen-bond acceptors (Lipinski definition) is 5. The lowest BCUT2D eigenvalue weighted by molar-refractivity contribution is 0.0189. The van der Waals surface area contributed by atoms with E-state index in [2.05, 4.69) is 41.3 Å². The lowest BCUT2D eigenvalue weighted by Crippen LogP contribution is -2.42. The van der Waals surface area contributed by atoms with Crippen LogP contribution in [0.4, 0.5) is 4.79 Å². The van der Waals surface area contributed by atoms with Crippen LogP contribution in [0.15, 0.2) is 28.8 Å². The van der Waals surface area contributed by atoms with Gasteiger partial charge in [0.05, 0.1) is 5.92 Å². The van der Waals surface area contributed by atoms with Crippen LogP contribution in [-0.2, 0) is 11.2 Å². The van der Waals surface area contributed by atoms with Gasteiger partial charge in [-0.1, -0.05) is 74.9 Å². The second-order valence-corrected chi connectivity index (χ2v) is 10.3. The van der Waals surface area contributed by atoms with E-state index in [-0.39, 0.29) is 12.0 Å². The highest BCUT2D eigenvalue weighted by Crippen LogP contribution is 2.28. The van der Waals surface area contributed by atoms with Gasteiger partial charge in [-0.15, -0.1) is 0 Å². The Morgan fingerprint density at radius 2 is 1.79 bits per heavy atom. The van der Waals surface area contributed by atoms with Crippen LogP contribution >= 0.6 is 0 Å². The van der Waals surface area contributed by atoms with Crippen molar-refractivity contribution in [2.24, 2.45) is 0 Å². The van der Waals surface area contributed by atoms with E-state index in [9.17, 15) is 4.79 Å². The van der Waals surface area contributed by atoms with Crippen LogP contribution in [0.3, 0.4) is 0 Å². The number of likely N-dealkylation sites (tertiary alicyclic amines) is 1. The van der Waals surface area contributed by atoms with Crippen molar-refractivity contribution in [3.63, 3.8) is 0 Å². The van der Waals surface area contributed by atoms with Gasteiger partial charge >= 0.3 is 6.09 Å². The molecule has 0 unspecified atom stereocenters. The first kappa shape index (κ1) is 25.3. The smallest absolute Gasteiger partial charge is 0.410 e. The fourth-order valence-electron chi connectivity index (χ4n) is 4.30. The van der Waals surface area contributed by atoms with Gasteiger partial charge in [-0.3, -0.25) is 0 Å². The van der Waals surface area contributed by atoms with Crippen molar-refractivity contribution in [1.82, 2.24) is 15.0 Å². The van der Waals surface area contributed by atoms with E-state index in [0.717, 1.165) is 24.8 Å². The molecule has 6 heteroatoms. The Morgan fingerprint density at radius 1 is 1.09 bits per heavy atom. The van der Waals surface area contributed by atoms with Crippen LogP contribution in [0.2, 0.25) is 0 Å². The van der Waals surface area contributed by atoms with Crippen LogP contribution in [-0.4, -0.2) is 39.8 Å². The second-order valence-electron chi connectivity index (χ2n) is 10.3. The zero-order valence-electron chi connectivity index (χ0n) is 20.9. The number of hydrogen-bond donors (Lipinski definition) is 0. The maximum Gasteiger partial charge on any atom is 0.410 e. The van der Waals surface area contributed by atoms with Crippen molar-refractivity contribution in [2.75, 3.05) is 13.1 Å². The van der Waals surface area contributed by atoms with Crippen molar-refractivity contribution >= 4 is 6.09 Å². The SMILES string of the molecule is CCCCCCCCCc1ccc(-c2noc([C@@H]3CCCN(C(=O)OC(C)(C)C)C3)n2)cc1. The van der Waals surface area contributed by atoms with E-state index < -0.39 is 5.60 Å². The zero-order chi connectivity index (χ0) is 23.7. The normalized spacial score (nSPS) is 16.7. The number of carbonyl (C=O) groups is 1. The lowest BCUT2D eigenvalue weighted by atomic mass is 9.98. The summed E-state index contributed by atoms with van der Waals surface area (Å²) in [5, 5.41) is 4.21. The van der Waals surface area contributed by atoms with Gasteiger partial charge in [0.25, 0.3) is 0 Å². The number of unbranched alkanes of at least 4 members (excludes halogenated alkanes) is 6. The van der Waals surface area contributed by atoms with Crippen molar-refractivity contribution in [2.45, 2.75) is 103 Å². The average Bonchev–Trinajstić information content (AvgIpc) is 3.28. The molecule has 1 aromatic heterocycles. The van der Waals surface area contributed by atoms with Gasteiger partial charge in [0.1, 0.15) is 5.60 Å². The third-order valence-electron chi connectivity index (χ3n) is 6.15. The Labute approximate surface area is 199 Å². The van der Waals surface area contributed by atoms with Crippen LogP contribution in [0, 0.1) is 0 Å². The molecule has 6 nitrogen and oxygen atoms in total. The van der Waals surface area contributed by atoms with Crippen LogP contribution < -0.4 is 0 Å². The molecule has 1 atom stereocenters. The number of piperidine rings is 1. The zero-order valence-corrected chi connectivity index (χ0v) is 20.9. The van der Waals surface area contributed by atoms with E-state index in [4.69, 9.17) is 9.26 Å². The molecule has 1 aromatic carbocycles. The van der Waals surface area contributed by atoms with Crippen molar-refractivity contribution in [1.29, 1.82) is 0 Å². The molecular weight excluding hydrogens is 414 g/mol. The topological polar surface area (TPSA) is 68.5 Å². The van der Waals surface area contributed by atoms with E-state index in [1.807, 2.05) is 20.8 Å². The predicted octanol–water partition coefficient (Wildman–Crippen LogP) is 7.14. The molecule has 1 aliphatic rings. The quantitative estimate of drug-likeness (QED) is 0.356. The van der Waals surface area contributed by atoms with Crippen LogP contribution in [0.1, 0.15) is 103 Å². The van der Waals surface area contributed by atoms with E-state index in [1.165, 1.54) is 50.5 Å². The van der Waals surface area contributed by atoms with Crippen molar-refractivity contribution < 1.29 is 14.1 Å². The number of carbonyl (C=O) groups excluding carboxylic acids is 1. The number of rotatable bonds is 10. The molecule has 0 bridgehead atoms. The summed E-state index contributed by atoms with van der Waals surface area (Å²) in [5.74, 6) is 1.26. The van der Waals surface area contributed by atoms with Crippen molar-refractivity contribution in [3.05, 3.63) is 35.7 Å². The molecule has 1 aliphatic heterocycles. The number of aromatic nitrogens is 2. The lowest BCUT2D eigenvalue weighted by Gasteiger charge is -2.32. The Balaban J connectivity index is 1.50. The summed E-state index contributed by atoms with van der Waals surface area (Å²) in [5.41, 5.74) is 1.83. The highest BCUT2D eigenvalue weighted by atomic mass is 16.6. The van der Waals surface area contributed by atoms with E-state index >= 15 is 0 Å². The summed E-state index contributed by atoms with van der Waals surface area (Å²) in [6.45, 7) is 9.17. The largest absolute Gasteiger partial charge is 0.444 e. The Hall–Kier alpha value is -2.37. The molecule has 33 heavy (non-hydrogen) atoms. The predicted molar refractivity (Wildman–Crippen MR) is 131 cm³/mol. The van der Waals surface area contributed by atoms with Gasteiger partial charge in [-0.25, -0.2) is 4.79 Å². The molecule has 3 rings (SSSR count). The van der Waals surface area contributed by atoms with Gasteiger partial charge in [-0.2, -0.15) is 4.98 Å². The summed E-state index contributed by atoms with van der Waals surface area (Å²) in [7, 11) is 0. The highest BCUT2D eigenvalue weighted by molar-refractivity contribution is 5.68. The minimum Gasteiger partial charge on any atom is -0.444 e. The molecule has 0 saturated carbocycles. The maximum atomic E-state index is 12.4. The van der Waals surface area contributed by atoms with E-state index in [0.29, 0.717) is 24.8 Å². The Morgan fingerprint density at radius 3 is 2.48 bits per heavy atom. The summed E-state index contributed by atoms with van der Waals surface area (Å²) >= 11 is 0. The molecule has 1 fully saturated rings. The highest BCUT2D eigenvalue weighted by Gasteiger charge is 2.31.